The van der Waals surface area contributed by atoms with Crippen LogP contribution in [0.4, 0.5) is 9.18 Å². The second kappa shape index (κ2) is 8.59. The number of hydrogen-bond donors (Lipinski definition) is 1. The Morgan fingerprint density at radius 2 is 2.00 bits per heavy atom. The van der Waals surface area contributed by atoms with Crippen LogP contribution in [-0.4, -0.2) is 67.9 Å². The van der Waals surface area contributed by atoms with E-state index >= 15 is 0 Å². The number of fused-ring (bicyclic) bond motifs is 1. The Balaban J connectivity index is 1.55. The number of halogens is 1. The lowest BCUT2D eigenvalue weighted by Gasteiger charge is -2.26. The van der Waals surface area contributed by atoms with Gasteiger partial charge in [-0.1, -0.05) is 11.2 Å². The number of nitrogens with one attached hydrogen (secondary N) is 1. The molecule has 0 saturated heterocycles. The number of hydrogen-bond acceptors (Lipinski definition) is 7. The molecule has 1 saturated carbocycles. The van der Waals surface area contributed by atoms with E-state index in [4.69, 9.17) is 4.52 Å². The maximum Gasteiger partial charge on any atom is 0.502 e. The highest BCUT2D eigenvalue weighted by Gasteiger charge is 2.49. The SMILES string of the molecule is Cc1cc(CN2C(=O)C3=CC(S(=O)(=O)NC4(CF)CC4)C=CC3=[N+](Cc3cc(C)nn3C)C2=O)on1. The average molecular weight is 518 g/mol. The smallest absolute Gasteiger partial charge is 0.357 e. The molecule has 2 aliphatic carbocycles. The van der Waals surface area contributed by atoms with Gasteiger partial charge in [-0.25, -0.2) is 22.3 Å². The van der Waals surface area contributed by atoms with Crippen molar-refractivity contribution in [2.24, 2.45) is 7.05 Å². The molecule has 0 aromatic carbocycles. The van der Waals surface area contributed by atoms with Gasteiger partial charge in [0, 0.05) is 13.1 Å². The van der Waals surface area contributed by atoms with Crippen molar-refractivity contribution in [3.8, 4) is 0 Å². The zero-order valence-electron chi connectivity index (χ0n) is 20.1. The molecule has 1 atom stereocenters. The van der Waals surface area contributed by atoms with E-state index in [0.717, 1.165) is 16.3 Å². The Bertz CT molecular complexity index is 1460. The molecular formula is C23H26FN6O5S+. The molecule has 3 aliphatic rings. The lowest BCUT2D eigenvalue weighted by atomic mass is 9.99. The first-order valence-corrected chi connectivity index (χ1v) is 13.0. The zero-order chi connectivity index (χ0) is 25.8. The first-order chi connectivity index (χ1) is 17.0. The van der Waals surface area contributed by atoms with Gasteiger partial charge in [0.2, 0.25) is 10.0 Å². The molecule has 1 N–H and O–H groups in total. The minimum Gasteiger partial charge on any atom is -0.357 e. The first-order valence-electron chi connectivity index (χ1n) is 11.4. The molecule has 0 radical (unpaired) electrons. The molecule has 11 nitrogen and oxygen atoms in total. The molecule has 1 unspecified atom stereocenters. The van der Waals surface area contributed by atoms with Crippen LogP contribution in [0.15, 0.2) is 40.5 Å². The zero-order valence-corrected chi connectivity index (χ0v) is 20.9. The van der Waals surface area contributed by atoms with Crippen molar-refractivity contribution in [2.75, 3.05) is 6.67 Å². The van der Waals surface area contributed by atoms with Crippen molar-refractivity contribution < 1.29 is 31.5 Å². The summed E-state index contributed by atoms with van der Waals surface area (Å²) in [5.74, 6) is -0.344. The molecule has 36 heavy (non-hydrogen) atoms. The number of alkyl halides is 1. The molecule has 2 aromatic heterocycles. The summed E-state index contributed by atoms with van der Waals surface area (Å²) < 4.78 is 50.1. The Hall–Kier alpha value is -3.45. The molecule has 2 aromatic rings. The summed E-state index contributed by atoms with van der Waals surface area (Å²) in [7, 11) is -2.26. The fourth-order valence-electron chi connectivity index (χ4n) is 4.37. The Labute approximate surface area is 207 Å². The van der Waals surface area contributed by atoms with Gasteiger partial charge in [0.05, 0.1) is 22.6 Å². The number of amides is 3. The van der Waals surface area contributed by atoms with Gasteiger partial charge < -0.3 is 4.52 Å². The van der Waals surface area contributed by atoms with E-state index in [1.165, 1.54) is 22.8 Å². The highest BCUT2D eigenvalue weighted by molar-refractivity contribution is 7.90. The monoisotopic (exact) mass is 517 g/mol. The van der Waals surface area contributed by atoms with Gasteiger partial charge in [0.15, 0.2) is 12.3 Å². The predicted molar refractivity (Wildman–Crippen MR) is 125 cm³/mol. The van der Waals surface area contributed by atoms with Gasteiger partial charge in [-0.2, -0.15) is 14.5 Å². The predicted octanol–water partition coefficient (Wildman–Crippen LogP) is 1.43. The third-order valence-corrected chi connectivity index (χ3v) is 8.24. The second-order valence-electron chi connectivity index (χ2n) is 9.45. The molecule has 0 bridgehead atoms. The number of aromatic nitrogens is 3. The summed E-state index contributed by atoms with van der Waals surface area (Å²) in [6.07, 6.45) is 5.00. The number of nitrogens with zero attached hydrogens (tertiary/aromatic N) is 5. The third kappa shape index (κ3) is 4.32. The number of aryl methyl sites for hydroxylation is 3. The van der Waals surface area contributed by atoms with Crippen molar-refractivity contribution in [3.05, 3.63) is 58.8 Å². The van der Waals surface area contributed by atoms with Gasteiger partial charge in [-0.3, -0.25) is 4.68 Å². The van der Waals surface area contributed by atoms with E-state index in [0.29, 0.717) is 24.3 Å². The van der Waals surface area contributed by atoms with E-state index in [2.05, 4.69) is 15.0 Å². The number of imide groups is 1. The van der Waals surface area contributed by atoms with Crippen molar-refractivity contribution in [3.63, 3.8) is 0 Å². The van der Waals surface area contributed by atoms with E-state index < -0.39 is 39.4 Å². The van der Waals surface area contributed by atoms with Crippen LogP contribution in [0.25, 0.3) is 0 Å². The summed E-state index contributed by atoms with van der Waals surface area (Å²) in [5.41, 5.74) is 1.36. The van der Waals surface area contributed by atoms with Gasteiger partial charge >= 0.3 is 11.9 Å². The number of rotatable bonds is 8. The minimum atomic E-state index is -4.01. The van der Waals surface area contributed by atoms with Crippen molar-refractivity contribution in [1.82, 2.24) is 24.6 Å². The first kappa shape index (κ1) is 24.3. The molecule has 5 rings (SSSR count). The lowest BCUT2D eigenvalue weighted by molar-refractivity contribution is -0.454. The van der Waals surface area contributed by atoms with Crippen LogP contribution >= 0.6 is 0 Å². The molecule has 1 aliphatic heterocycles. The molecule has 3 heterocycles. The van der Waals surface area contributed by atoms with Crippen LogP contribution in [0, 0.1) is 13.8 Å². The highest BCUT2D eigenvalue weighted by Crippen LogP contribution is 2.37. The summed E-state index contributed by atoms with van der Waals surface area (Å²) in [6.45, 7) is 2.68. The van der Waals surface area contributed by atoms with Crippen LogP contribution in [0.3, 0.4) is 0 Å². The Morgan fingerprint density at radius 1 is 1.25 bits per heavy atom. The number of carbonyl (C=O) groups excluding carboxylic acids is 2. The molecule has 0 spiro atoms. The van der Waals surface area contributed by atoms with Crippen LogP contribution in [0.5, 0.6) is 0 Å². The van der Waals surface area contributed by atoms with Gasteiger partial charge in [0.1, 0.15) is 29.8 Å². The number of sulfonamides is 1. The largest absolute Gasteiger partial charge is 0.502 e. The second-order valence-corrected chi connectivity index (χ2v) is 11.3. The van der Waals surface area contributed by atoms with E-state index in [9.17, 15) is 22.4 Å². The number of allylic oxidation sites excluding steroid dienone is 1. The van der Waals surface area contributed by atoms with E-state index in [1.54, 1.807) is 24.7 Å². The van der Waals surface area contributed by atoms with Crippen LogP contribution < -0.4 is 4.72 Å². The Morgan fingerprint density at radius 3 is 2.58 bits per heavy atom. The van der Waals surface area contributed by atoms with E-state index in [1.807, 2.05) is 13.0 Å². The summed E-state index contributed by atoms with van der Waals surface area (Å²) in [5, 5.41) is 6.92. The van der Waals surface area contributed by atoms with Crippen LogP contribution in [-0.2, 0) is 35.0 Å². The fourth-order valence-corrected chi connectivity index (χ4v) is 5.97. The van der Waals surface area contributed by atoms with E-state index in [-0.39, 0.29) is 24.4 Å². The molecule has 1 fully saturated rings. The third-order valence-electron chi connectivity index (χ3n) is 6.51. The van der Waals surface area contributed by atoms with Crippen molar-refractivity contribution >= 4 is 27.7 Å². The summed E-state index contributed by atoms with van der Waals surface area (Å²) >= 11 is 0. The van der Waals surface area contributed by atoms with Crippen LogP contribution in [0.1, 0.15) is 35.7 Å². The van der Waals surface area contributed by atoms with Crippen molar-refractivity contribution in [1.29, 1.82) is 0 Å². The van der Waals surface area contributed by atoms with Crippen molar-refractivity contribution in [2.45, 2.75) is 50.6 Å². The van der Waals surface area contributed by atoms with Gasteiger partial charge in [-0.15, -0.1) is 4.90 Å². The normalized spacial score (nSPS) is 21.2. The maximum absolute atomic E-state index is 13.5. The molecule has 13 heteroatoms. The summed E-state index contributed by atoms with van der Waals surface area (Å²) in [4.78, 5) is 28.0. The molecular weight excluding hydrogens is 491 g/mol. The average Bonchev–Trinajstić information content (AvgIpc) is 3.35. The summed E-state index contributed by atoms with van der Waals surface area (Å²) in [6, 6.07) is 2.86. The van der Waals surface area contributed by atoms with Crippen LogP contribution in [0.2, 0.25) is 0 Å². The topological polar surface area (TPSA) is 130 Å². The van der Waals surface area contributed by atoms with Gasteiger partial charge in [0.25, 0.3) is 0 Å². The Kier molecular flexibility index (Phi) is 5.79. The van der Waals surface area contributed by atoms with Gasteiger partial charge in [-0.05, 0) is 44.9 Å². The highest BCUT2D eigenvalue weighted by atomic mass is 32.2. The quantitative estimate of drug-likeness (QED) is 0.524. The molecule has 3 amide bonds. The number of carbonyl (C=O) groups is 2. The number of urea groups is 1. The maximum atomic E-state index is 13.5. The minimum absolute atomic E-state index is 0.0627. The lowest BCUT2D eigenvalue weighted by Crippen LogP contribution is -2.52. The standard InChI is InChI=1S/C23H26FN6O5S/c1-14-8-16(28(3)25-14)11-29-20-5-4-18(36(33,34)27-23(13-24)6-7-23)10-19(20)21(31)30(22(29)32)12-17-9-15(2)26-35-17/h4-5,8-10,18,27H,6-7,11-13H2,1-3H3/q+1. The molecule has 190 valence electrons. The fraction of sp³-hybridized carbons (Fsp3) is 0.435.